The topological polar surface area (TPSA) is 66.8 Å². The summed E-state index contributed by atoms with van der Waals surface area (Å²) < 4.78 is 5.56. The second-order valence-electron chi connectivity index (χ2n) is 6.26. The molecule has 0 atom stereocenters. The van der Waals surface area contributed by atoms with Gasteiger partial charge in [-0.05, 0) is 43.5 Å². The van der Waals surface area contributed by atoms with Crippen LogP contribution in [0.1, 0.15) is 39.1 Å². The van der Waals surface area contributed by atoms with Crippen LogP contribution in [0.25, 0.3) is 0 Å². The standard InChI is InChI=1S/C17H21NO4S/c1-12-8-13(10-14(9-12)16(20)21)15(19)18-4-7-23-17(11-18)2-5-22-6-3-17/h8-10H,2-7,11H2,1H3,(H,20,21). The lowest BCUT2D eigenvalue weighted by molar-refractivity contribution is 0.0536. The number of carboxylic acid groups (broad SMARTS) is 1. The molecule has 3 rings (SSSR count). The van der Waals surface area contributed by atoms with Gasteiger partial charge < -0.3 is 14.7 Å². The van der Waals surface area contributed by atoms with Gasteiger partial charge in [0.05, 0.1) is 5.56 Å². The molecule has 124 valence electrons. The Kier molecular flexibility index (Phi) is 4.64. The third-order valence-electron chi connectivity index (χ3n) is 4.51. The predicted octanol–water partition coefficient (Wildman–Crippen LogP) is 2.43. The van der Waals surface area contributed by atoms with Crippen LogP contribution in [0.5, 0.6) is 0 Å². The lowest BCUT2D eigenvalue weighted by Crippen LogP contribution is -2.51. The number of ether oxygens (including phenoxy) is 1. The van der Waals surface area contributed by atoms with Crippen LogP contribution in [0.3, 0.4) is 0 Å². The second-order valence-corrected chi connectivity index (χ2v) is 7.83. The number of hydrogen-bond donors (Lipinski definition) is 1. The molecule has 0 aliphatic carbocycles. The number of carbonyl (C=O) groups is 2. The molecule has 2 saturated heterocycles. The van der Waals surface area contributed by atoms with E-state index in [1.807, 2.05) is 23.6 Å². The summed E-state index contributed by atoms with van der Waals surface area (Å²) in [7, 11) is 0. The Hall–Kier alpha value is -1.53. The van der Waals surface area contributed by atoms with E-state index in [9.17, 15) is 14.7 Å². The lowest BCUT2D eigenvalue weighted by Gasteiger charge is -2.44. The minimum atomic E-state index is -1.00. The predicted molar refractivity (Wildman–Crippen MR) is 89.3 cm³/mol. The Labute approximate surface area is 140 Å². The molecule has 0 aromatic heterocycles. The zero-order valence-corrected chi connectivity index (χ0v) is 14.0. The molecule has 2 aliphatic rings. The largest absolute Gasteiger partial charge is 0.478 e. The summed E-state index contributed by atoms with van der Waals surface area (Å²) in [5.41, 5.74) is 1.43. The number of aryl methyl sites for hydroxylation is 1. The highest BCUT2D eigenvalue weighted by Crippen LogP contribution is 2.39. The molecule has 6 heteroatoms. The Balaban J connectivity index is 1.81. The van der Waals surface area contributed by atoms with E-state index in [2.05, 4.69) is 0 Å². The van der Waals surface area contributed by atoms with Crippen LogP contribution in [0, 0.1) is 6.92 Å². The third kappa shape index (κ3) is 3.53. The molecular weight excluding hydrogens is 314 g/mol. The minimum absolute atomic E-state index is 0.0673. The monoisotopic (exact) mass is 335 g/mol. The third-order valence-corrected chi connectivity index (χ3v) is 6.05. The van der Waals surface area contributed by atoms with Gasteiger partial charge in [-0.1, -0.05) is 0 Å². The highest BCUT2D eigenvalue weighted by atomic mass is 32.2. The Bertz CT molecular complexity index is 620. The fraction of sp³-hybridized carbons (Fsp3) is 0.529. The lowest BCUT2D eigenvalue weighted by atomic mass is 9.97. The van der Waals surface area contributed by atoms with E-state index in [1.54, 1.807) is 12.1 Å². The fourth-order valence-electron chi connectivity index (χ4n) is 3.28. The van der Waals surface area contributed by atoms with E-state index >= 15 is 0 Å². The van der Waals surface area contributed by atoms with Crippen LogP contribution in [-0.4, -0.2) is 58.7 Å². The maximum atomic E-state index is 12.8. The van der Waals surface area contributed by atoms with Crippen LogP contribution < -0.4 is 0 Å². The summed E-state index contributed by atoms with van der Waals surface area (Å²) >= 11 is 1.95. The van der Waals surface area contributed by atoms with Gasteiger partial charge in [-0.25, -0.2) is 4.79 Å². The Morgan fingerprint density at radius 3 is 2.61 bits per heavy atom. The average molecular weight is 335 g/mol. The zero-order chi connectivity index (χ0) is 16.4. The summed E-state index contributed by atoms with van der Waals surface area (Å²) in [6.45, 7) is 4.75. The summed E-state index contributed by atoms with van der Waals surface area (Å²) in [5, 5.41) is 9.18. The first-order valence-corrected chi connectivity index (χ1v) is 8.84. The van der Waals surface area contributed by atoms with Gasteiger partial charge in [0.15, 0.2) is 0 Å². The van der Waals surface area contributed by atoms with Crippen molar-refractivity contribution in [3.8, 4) is 0 Å². The Morgan fingerprint density at radius 1 is 1.22 bits per heavy atom. The first kappa shape index (κ1) is 16.3. The number of nitrogens with zero attached hydrogens (tertiary/aromatic N) is 1. The van der Waals surface area contributed by atoms with Crippen molar-refractivity contribution in [3.05, 3.63) is 34.9 Å². The van der Waals surface area contributed by atoms with Crippen LogP contribution in [0.4, 0.5) is 0 Å². The number of carboxylic acids is 1. The maximum Gasteiger partial charge on any atom is 0.335 e. The molecule has 5 nitrogen and oxygen atoms in total. The SMILES string of the molecule is Cc1cc(C(=O)O)cc(C(=O)N2CCSC3(CCOCC3)C2)c1. The molecule has 2 aliphatic heterocycles. The van der Waals surface area contributed by atoms with Crippen molar-refractivity contribution in [1.29, 1.82) is 0 Å². The van der Waals surface area contributed by atoms with Gasteiger partial charge in [-0.2, -0.15) is 11.8 Å². The molecule has 1 aromatic rings. The van der Waals surface area contributed by atoms with Crippen molar-refractivity contribution in [2.75, 3.05) is 32.1 Å². The van der Waals surface area contributed by atoms with Crippen LogP contribution in [0.15, 0.2) is 18.2 Å². The Morgan fingerprint density at radius 2 is 1.91 bits per heavy atom. The van der Waals surface area contributed by atoms with E-state index in [-0.39, 0.29) is 16.2 Å². The molecule has 1 spiro atoms. The van der Waals surface area contributed by atoms with Gasteiger partial charge in [-0.15, -0.1) is 0 Å². The number of rotatable bonds is 2. The molecule has 2 fully saturated rings. The van der Waals surface area contributed by atoms with Gasteiger partial charge in [0.2, 0.25) is 0 Å². The van der Waals surface area contributed by atoms with E-state index in [0.29, 0.717) is 12.1 Å². The highest BCUT2D eigenvalue weighted by Gasteiger charge is 2.39. The van der Waals surface area contributed by atoms with Gasteiger partial charge in [0.25, 0.3) is 5.91 Å². The minimum Gasteiger partial charge on any atom is -0.478 e. The average Bonchev–Trinajstić information content (AvgIpc) is 2.54. The van der Waals surface area contributed by atoms with Crippen molar-refractivity contribution < 1.29 is 19.4 Å². The molecule has 1 aromatic carbocycles. The molecule has 23 heavy (non-hydrogen) atoms. The number of carbonyl (C=O) groups excluding carboxylic acids is 1. The first-order chi connectivity index (χ1) is 11.0. The summed E-state index contributed by atoms with van der Waals surface area (Å²) in [6, 6.07) is 4.84. The van der Waals surface area contributed by atoms with Gasteiger partial charge in [0, 0.05) is 42.4 Å². The van der Waals surface area contributed by atoms with E-state index < -0.39 is 5.97 Å². The highest BCUT2D eigenvalue weighted by molar-refractivity contribution is 8.00. The van der Waals surface area contributed by atoms with Crippen LogP contribution >= 0.6 is 11.8 Å². The quantitative estimate of drug-likeness (QED) is 0.899. The molecule has 1 amide bonds. The maximum absolute atomic E-state index is 12.8. The van der Waals surface area contributed by atoms with Crippen LogP contribution in [-0.2, 0) is 4.74 Å². The van der Waals surface area contributed by atoms with Crippen molar-refractivity contribution in [2.45, 2.75) is 24.5 Å². The van der Waals surface area contributed by atoms with Gasteiger partial charge >= 0.3 is 5.97 Å². The molecule has 1 N–H and O–H groups in total. The molecule has 0 unspecified atom stereocenters. The molecular formula is C17H21NO4S. The number of hydrogen-bond acceptors (Lipinski definition) is 4. The van der Waals surface area contributed by atoms with Gasteiger partial charge in [0.1, 0.15) is 0 Å². The number of thioether (sulfide) groups is 1. The smallest absolute Gasteiger partial charge is 0.335 e. The van der Waals surface area contributed by atoms with E-state index in [4.69, 9.17) is 4.74 Å². The summed E-state index contributed by atoms with van der Waals surface area (Å²) in [6.07, 6.45) is 1.94. The molecule has 0 bridgehead atoms. The molecule has 0 saturated carbocycles. The van der Waals surface area contributed by atoms with Crippen LogP contribution in [0.2, 0.25) is 0 Å². The van der Waals surface area contributed by atoms with Crippen molar-refractivity contribution in [3.63, 3.8) is 0 Å². The number of aromatic carboxylic acids is 1. The van der Waals surface area contributed by atoms with Crippen molar-refractivity contribution >= 4 is 23.6 Å². The second kappa shape index (κ2) is 6.53. The summed E-state index contributed by atoms with van der Waals surface area (Å²) in [4.78, 5) is 25.9. The van der Waals surface area contributed by atoms with Gasteiger partial charge in [-0.3, -0.25) is 4.79 Å². The van der Waals surface area contributed by atoms with E-state index in [0.717, 1.165) is 43.9 Å². The fourth-order valence-corrected chi connectivity index (χ4v) is 4.72. The van der Waals surface area contributed by atoms with Crippen molar-refractivity contribution in [1.82, 2.24) is 4.90 Å². The molecule has 0 radical (unpaired) electrons. The number of amides is 1. The zero-order valence-electron chi connectivity index (χ0n) is 13.2. The van der Waals surface area contributed by atoms with E-state index in [1.165, 1.54) is 6.07 Å². The summed E-state index contributed by atoms with van der Waals surface area (Å²) in [5.74, 6) is -0.149. The number of benzene rings is 1. The first-order valence-electron chi connectivity index (χ1n) is 7.85. The molecule has 2 heterocycles. The normalized spacial score (nSPS) is 20.5. The van der Waals surface area contributed by atoms with Crippen molar-refractivity contribution in [2.24, 2.45) is 0 Å².